The predicted octanol–water partition coefficient (Wildman–Crippen LogP) is 3.61. The number of hydrogen-bond donors (Lipinski definition) is 1. The lowest BCUT2D eigenvalue weighted by molar-refractivity contribution is -0.122. The third-order valence-corrected chi connectivity index (χ3v) is 6.70. The standard InChI is InChI=1S/C27H23N3O5/c31-25-13-19(15-30(25)21-9-10-23-24(14-21)35-16-34-23)26(32)28-20-7-5-18(6-8-20)27(33)29-12-11-17-3-1-2-4-22(17)29/h1-10,14,19H,11-13,15-16H2,(H,28,32). The van der Waals surface area contributed by atoms with E-state index in [0.717, 1.165) is 12.1 Å². The molecule has 3 aromatic carbocycles. The number of carbonyl (C=O) groups excluding carboxylic acids is 3. The fourth-order valence-corrected chi connectivity index (χ4v) is 4.83. The Morgan fingerprint density at radius 1 is 0.943 bits per heavy atom. The second-order valence-corrected chi connectivity index (χ2v) is 8.85. The SMILES string of the molecule is O=C(Nc1ccc(C(=O)N2CCc3ccccc32)cc1)C1CC(=O)N(c2ccc3c(c2)OCO3)C1. The molecule has 35 heavy (non-hydrogen) atoms. The van der Waals surface area contributed by atoms with Gasteiger partial charge in [-0.15, -0.1) is 0 Å². The number of ether oxygens (including phenoxy) is 2. The van der Waals surface area contributed by atoms with E-state index in [9.17, 15) is 14.4 Å². The molecule has 1 unspecified atom stereocenters. The van der Waals surface area contributed by atoms with E-state index in [1.807, 2.05) is 24.3 Å². The molecule has 1 saturated heterocycles. The van der Waals surface area contributed by atoms with Crippen LogP contribution in [0.2, 0.25) is 0 Å². The molecule has 8 nitrogen and oxygen atoms in total. The second-order valence-electron chi connectivity index (χ2n) is 8.85. The van der Waals surface area contributed by atoms with Gasteiger partial charge >= 0.3 is 0 Å². The number of nitrogens with one attached hydrogen (secondary N) is 1. The average molecular weight is 469 g/mol. The molecule has 3 heterocycles. The molecule has 0 spiro atoms. The van der Waals surface area contributed by atoms with Gasteiger partial charge in [0.1, 0.15) is 0 Å². The van der Waals surface area contributed by atoms with Crippen molar-refractivity contribution in [3.8, 4) is 11.5 Å². The average Bonchev–Trinajstić information content (AvgIpc) is 3.61. The van der Waals surface area contributed by atoms with Crippen molar-refractivity contribution < 1.29 is 23.9 Å². The summed E-state index contributed by atoms with van der Waals surface area (Å²) >= 11 is 0. The lowest BCUT2D eigenvalue weighted by atomic mass is 10.1. The fraction of sp³-hybridized carbons (Fsp3) is 0.222. The zero-order chi connectivity index (χ0) is 23.9. The molecule has 0 bridgehead atoms. The van der Waals surface area contributed by atoms with E-state index < -0.39 is 5.92 Å². The van der Waals surface area contributed by atoms with Crippen LogP contribution in [0, 0.1) is 5.92 Å². The summed E-state index contributed by atoms with van der Waals surface area (Å²) in [6.07, 6.45) is 0.977. The summed E-state index contributed by atoms with van der Waals surface area (Å²) in [4.78, 5) is 41.9. The molecular formula is C27H23N3O5. The molecule has 0 saturated carbocycles. The topological polar surface area (TPSA) is 88.2 Å². The highest BCUT2D eigenvalue weighted by atomic mass is 16.7. The molecule has 3 aromatic rings. The first-order chi connectivity index (χ1) is 17.1. The Hall–Kier alpha value is -4.33. The van der Waals surface area contributed by atoms with Crippen LogP contribution in [0.5, 0.6) is 11.5 Å². The second kappa shape index (κ2) is 8.47. The first kappa shape index (κ1) is 21.2. The van der Waals surface area contributed by atoms with Crippen LogP contribution in [0.1, 0.15) is 22.3 Å². The Bertz CT molecular complexity index is 1340. The fourth-order valence-electron chi connectivity index (χ4n) is 4.83. The van der Waals surface area contributed by atoms with Crippen LogP contribution in [0.15, 0.2) is 66.7 Å². The van der Waals surface area contributed by atoms with E-state index in [1.165, 1.54) is 5.56 Å². The highest BCUT2D eigenvalue weighted by Crippen LogP contribution is 2.37. The quantitative estimate of drug-likeness (QED) is 0.631. The molecule has 1 atom stereocenters. The minimum Gasteiger partial charge on any atom is -0.454 e. The molecule has 6 rings (SSSR count). The Balaban J connectivity index is 1.10. The van der Waals surface area contributed by atoms with E-state index in [-0.39, 0.29) is 37.5 Å². The monoisotopic (exact) mass is 469 g/mol. The van der Waals surface area contributed by atoms with Gasteiger partial charge in [-0.1, -0.05) is 18.2 Å². The molecule has 3 amide bonds. The van der Waals surface area contributed by atoms with Crippen molar-refractivity contribution in [2.75, 3.05) is 35.0 Å². The van der Waals surface area contributed by atoms with Crippen LogP contribution in [-0.4, -0.2) is 37.6 Å². The van der Waals surface area contributed by atoms with Crippen LogP contribution >= 0.6 is 0 Å². The highest BCUT2D eigenvalue weighted by Gasteiger charge is 2.36. The van der Waals surface area contributed by atoms with Crippen LogP contribution in [-0.2, 0) is 16.0 Å². The van der Waals surface area contributed by atoms with Crippen molar-refractivity contribution in [1.82, 2.24) is 0 Å². The lowest BCUT2D eigenvalue weighted by Gasteiger charge is -2.18. The number of nitrogens with zero attached hydrogens (tertiary/aromatic N) is 2. The van der Waals surface area contributed by atoms with E-state index in [0.29, 0.717) is 35.0 Å². The number of amides is 3. The van der Waals surface area contributed by atoms with Crippen molar-refractivity contribution in [1.29, 1.82) is 0 Å². The molecule has 0 aromatic heterocycles. The molecule has 3 aliphatic rings. The number of para-hydroxylation sites is 1. The molecule has 1 fully saturated rings. The Kier molecular flexibility index (Phi) is 5.13. The Labute approximate surface area is 202 Å². The molecule has 3 aliphatic heterocycles. The number of rotatable bonds is 4. The van der Waals surface area contributed by atoms with Crippen molar-refractivity contribution >= 4 is 34.8 Å². The van der Waals surface area contributed by atoms with Gasteiger partial charge in [0.15, 0.2) is 11.5 Å². The lowest BCUT2D eigenvalue weighted by Crippen LogP contribution is -2.29. The normalized spacial score (nSPS) is 18.1. The smallest absolute Gasteiger partial charge is 0.258 e. The largest absolute Gasteiger partial charge is 0.454 e. The van der Waals surface area contributed by atoms with E-state index in [4.69, 9.17) is 9.47 Å². The van der Waals surface area contributed by atoms with Gasteiger partial charge < -0.3 is 24.6 Å². The van der Waals surface area contributed by atoms with Gasteiger partial charge in [-0.05, 0) is 54.4 Å². The van der Waals surface area contributed by atoms with Gasteiger partial charge in [0, 0.05) is 48.2 Å². The zero-order valence-corrected chi connectivity index (χ0v) is 18.9. The van der Waals surface area contributed by atoms with Gasteiger partial charge in [-0.25, -0.2) is 0 Å². The summed E-state index contributed by atoms with van der Waals surface area (Å²) in [6.45, 7) is 1.11. The van der Waals surface area contributed by atoms with Crippen LogP contribution in [0.25, 0.3) is 0 Å². The summed E-state index contributed by atoms with van der Waals surface area (Å²) in [5.41, 5.74) is 3.95. The van der Waals surface area contributed by atoms with Gasteiger partial charge in [0.05, 0.1) is 5.92 Å². The maximum atomic E-state index is 13.0. The molecule has 8 heteroatoms. The van der Waals surface area contributed by atoms with Gasteiger partial charge in [-0.3, -0.25) is 14.4 Å². The van der Waals surface area contributed by atoms with Gasteiger partial charge in [0.2, 0.25) is 18.6 Å². The highest BCUT2D eigenvalue weighted by molar-refractivity contribution is 6.08. The molecular weight excluding hydrogens is 446 g/mol. The van der Waals surface area contributed by atoms with Gasteiger partial charge in [-0.2, -0.15) is 0 Å². The zero-order valence-electron chi connectivity index (χ0n) is 18.9. The van der Waals surface area contributed by atoms with Crippen molar-refractivity contribution in [2.24, 2.45) is 5.92 Å². The van der Waals surface area contributed by atoms with Gasteiger partial charge in [0.25, 0.3) is 5.91 Å². The van der Waals surface area contributed by atoms with Crippen molar-refractivity contribution in [3.05, 3.63) is 77.9 Å². The molecule has 0 radical (unpaired) electrons. The summed E-state index contributed by atoms with van der Waals surface area (Å²) < 4.78 is 10.7. The van der Waals surface area contributed by atoms with E-state index >= 15 is 0 Å². The number of fused-ring (bicyclic) bond motifs is 2. The molecule has 1 N–H and O–H groups in total. The summed E-state index contributed by atoms with van der Waals surface area (Å²) in [5.74, 6) is 0.356. The minimum absolute atomic E-state index is 0.0615. The van der Waals surface area contributed by atoms with E-state index in [1.54, 1.807) is 52.3 Å². The first-order valence-electron chi connectivity index (χ1n) is 11.6. The third kappa shape index (κ3) is 3.86. The predicted molar refractivity (Wildman–Crippen MR) is 130 cm³/mol. The molecule has 176 valence electrons. The number of hydrogen-bond acceptors (Lipinski definition) is 5. The van der Waals surface area contributed by atoms with Crippen molar-refractivity contribution in [2.45, 2.75) is 12.8 Å². The van der Waals surface area contributed by atoms with Crippen molar-refractivity contribution in [3.63, 3.8) is 0 Å². The first-order valence-corrected chi connectivity index (χ1v) is 11.6. The summed E-state index contributed by atoms with van der Waals surface area (Å²) in [7, 11) is 0. The van der Waals surface area contributed by atoms with Crippen LogP contribution in [0.4, 0.5) is 17.1 Å². The van der Waals surface area contributed by atoms with Crippen LogP contribution < -0.4 is 24.6 Å². The summed E-state index contributed by atoms with van der Waals surface area (Å²) in [6, 6.07) is 20.1. The summed E-state index contributed by atoms with van der Waals surface area (Å²) in [5, 5.41) is 2.88. The maximum absolute atomic E-state index is 13.0. The van der Waals surface area contributed by atoms with Crippen LogP contribution in [0.3, 0.4) is 0 Å². The van der Waals surface area contributed by atoms with E-state index in [2.05, 4.69) is 5.32 Å². The number of anilines is 3. The Morgan fingerprint density at radius 3 is 2.60 bits per heavy atom. The maximum Gasteiger partial charge on any atom is 0.258 e. The third-order valence-electron chi connectivity index (χ3n) is 6.70. The number of benzene rings is 3. The number of carbonyl (C=O) groups is 3. The molecule has 0 aliphatic carbocycles. The minimum atomic E-state index is -0.477. The Morgan fingerprint density at radius 2 is 1.74 bits per heavy atom.